The molecule has 3 rings (SSSR count). The predicted molar refractivity (Wildman–Crippen MR) is 95.8 cm³/mol. The van der Waals surface area contributed by atoms with Crippen LogP contribution in [0.15, 0.2) is 34.9 Å². The molecule has 0 aromatic heterocycles. The molecule has 1 atom stereocenters. The lowest BCUT2D eigenvalue weighted by Crippen LogP contribution is -2.44. The van der Waals surface area contributed by atoms with Gasteiger partial charge in [-0.2, -0.15) is 0 Å². The van der Waals surface area contributed by atoms with Crippen molar-refractivity contribution in [1.29, 1.82) is 0 Å². The van der Waals surface area contributed by atoms with Crippen molar-refractivity contribution in [3.05, 3.63) is 34.9 Å². The van der Waals surface area contributed by atoms with E-state index in [1.807, 2.05) is 0 Å². The van der Waals surface area contributed by atoms with E-state index in [1.54, 1.807) is 13.8 Å². The highest BCUT2D eigenvalue weighted by atomic mass is 16.6. The van der Waals surface area contributed by atoms with E-state index in [-0.39, 0.29) is 18.6 Å². The molecule has 0 saturated heterocycles. The third-order valence-electron chi connectivity index (χ3n) is 6.00. The van der Waals surface area contributed by atoms with Crippen molar-refractivity contribution in [2.24, 2.45) is 10.8 Å². The Hall–Kier alpha value is -1.84. The fourth-order valence-electron chi connectivity index (χ4n) is 4.70. The molecule has 4 nitrogen and oxygen atoms in total. The molecule has 0 spiro atoms. The number of carbonyl (C=O) groups excluding carboxylic acids is 2. The molecular formula is C21H28O4. The van der Waals surface area contributed by atoms with Gasteiger partial charge in [0.15, 0.2) is 5.41 Å². The highest BCUT2D eigenvalue weighted by Crippen LogP contribution is 2.57. The first-order chi connectivity index (χ1) is 11.9. The molecule has 1 fully saturated rings. The summed E-state index contributed by atoms with van der Waals surface area (Å²) in [6, 6.07) is 0. The summed E-state index contributed by atoms with van der Waals surface area (Å²) in [7, 11) is 0. The van der Waals surface area contributed by atoms with Gasteiger partial charge in [-0.05, 0) is 68.9 Å². The Balaban J connectivity index is 2.06. The average molecular weight is 344 g/mol. The largest absolute Gasteiger partial charge is 0.465 e. The second-order valence-electron chi connectivity index (χ2n) is 7.75. The van der Waals surface area contributed by atoms with E-state index in [4.69, 9.17) is 9.47 Å². The minimum atomic E-state index is -1.24. The number of hydrogen-bond donors (Lipinski definition) is 0. The number of ether oxygens (including phenoxy) is 2. The van der Waals surface area contributed by atoms with E-state index >= 15 is 0 Å². The van der Waals surface area contributed by atoms with E-state index in [9.17, 15) is 9.59 Å². The zero-order valence-corrected chi connectivity index (χ0v) is 15.6. The fourth-order valence-corrected chi connectivity index (χ4v) is 4.70. The fraction of sp³-hybridized carbons (Fsp3) is 0.619. The van der Waals surface area contributed by atoms with Gasteiger partial charge in [0.05, 0.1) is 13.2 Å². The van der Waals surface area contributed by atoms with Crippen molar-refractivity contribution in [3.63, 3.8) is 0 Å². The maximum absolute atomic E-state index is 12.8. The number of hydrogen-bond acceptors (Lipinski definition) is 4. The highest BCUT2D eigenvalue weighted by Gasteiger charge is 2.53. The molecule has 3 aliphatic rings. The number of esters is 2. The molecule has 0 N–H and O–H groups in total. The molecule has 0 bridgehead atoms. The molecule has 0 aliphatic heterocycles. The molecule has 0 radical (unpaired) electrons. The monoisotopic (exact) mass is 344 g/mol. The van der Waals surface area contributed by atoms with Crippen molar-refractivity contribution in [1.82, 2.24) is 0 Å². The van der Waals surface area contributed by atoms with Crippen LogP contribution in [-0.4, -0.2) is 25.2 Å². The van der Waals surface area contributed by atoms with E-state index in [1.165, 1.54) is 22.3 Å². The first-order valence-electron chi connectivity index (χ1n) is 9.29. The van der Waals surface area contributed by atoms with E-state index in [0.29, 0.717) is 12.8 Å². The number of rotatable bonds is 4. The SMILES string of the molecule is C=C1CC2=C3CC(C(=O)OCC)(C(=O)OCC)CC=C3CCC2(C)C1. The summed E-state index contributed by atoms with van der Waals surface area (Å²) in [5.41, 5.74) is 3.98. The molecule has 3 aliphatic carbocycles. The standard InChI is InChI=1S/C21H28O4/c1-5-24-18(22)21(19(23)25-6-2)10-8-15-7-9-20(4)12-14(3)11-17(20)16(15)13-21/h8H,3,5-7,9-13H2,1-2,4H3. The molecule has 4 heteroatoms. The van der Waals surface area contributed by atoms with Crippen LogP contribution < -0.4 is 0 Å². The normalized spacial score (nSPS) is 27.3. The molecule has 25 heavy (non-hydrogen) atoms. The Morgan fingerprint density at radius 2 is 1.80 bits per heavy atom. The minimum Gasteiger partial charge on any atom is -0.465 e. The third kappa shape index (κ3) is 2.86. The summed E-state index contributed by atoms with van der Waals surface area (Å²) in [6.45, 7) is 10.5. The molecule has 1 saturated carbocycles. The van der Waals surface area contributed by atoms with Gasteiger partial charge < -0.3 is 9.47 Å². The quantitative estimate of drug-likeness (QED) is 0.434. The van der Waals surface area contributed by atoms with Crippen molar-refractivity contribution in [3.8, 4) is 0 Å². The lowest BCUT2D eigenvalue weighted by molar-refractivity contribution is -0.172. The van der Waals surface area contributed by atoms with Crippen LogP contribution in [0.4, 0.5) is 0 Å². The maximum atomic E-state index is 12.8. The highest BCUT2D eigenvalue weighted by molar-refractivity contribution is 6.01. The summed E-state index contributed by atoms with van der Waals surface area (Å²) < 4.78 is 10.6. The second kappa shape index (κ2) is 6.47. The van der Waals surface area contributed by atoms with Gasteiger partial charge in [0.2, 0.25) is 0 Å². The molecule has 1 unspecified atom stereocenters. The summed E-state index contributed by atoms with van der Waals surface area (Å²) in [6.07, 6.45) is 6.84. The molecule has 0 aromatic carbocycles. The van der Waals surface area contributed by atoms with Gasteiger partial charge in [0.1, 0.15) is 0 Å². The lowest BCUT2D eigenvalue weighted by atomic mass is 9.63. The summed E-state index contributed by atoms with van der Waals surface area (Å²) in [4.78, 5) is 25.5. The van der Waals surface area contributed by atoms with Gasteiger partial charge >= 0.3 is 11.9 Å². The summed E-state index contributed by atoms with van der Waals surface area (Å²) in [5, 5.41) is 0. The van der Waals surface area contributed by atoms with Gasteiger partial charge in [-0.1, -0.05) is 30.7 Å². The van der Waals surface area contributed by atoms with E-state index < -0.39 is 17.4 Å². The second-order valence-corrected chi connectivity index (χ2v) is 7.75. The Kier molecular flexibility index (Phi) is 4.65. The number of carbonyl (C=O) groups is 2. The summed E-state index contributed by atoms with van der Waals surface area (Å²) >= 11 is 0. The Morgan fingerprint density at radius 1 is 1.16 bits per heavy atom. The lowest BCUT2D eigenvalue weighted by Gasteiger charge is -2.40. The van der Waals surface area contributed by atoms with Gasteiger partial charge in [0, 0.05) is 0 Å². The van der Waals surface area contributed by atoms with Crippen LogP contribution in [0.1, 0.15) is 59.3 Å². The Morgan fingerprint density at radius 3 is 2.40 bits per heavy atom. The predicted octanol–water partition coefficient (Wildman–Crippen LogP) is 4.27. The molecular weight excluding hydrogens is 316 g/mol. The van der Waals surface area contributed by atoms with E-state index in [0.717, 1.165) is 25.7 Å². The Bertz CT molecular complexity index is 664. The third-order valence-corrected chi connectivity index (χ3v) is 6.00. The van der Waals surface area contributed by atoms with Crippen LogP contribution in [0.3, 0.4) is 0 Å². The van der Waals surface area contributed by atoms with Crippen molar-refractivity contribution in [2.45, 2.75) is 59.3 Å². The number of allylic oxidation sites excluding steroid dienone is 5. The van der Waals surface area contributed by atoms with Gasteiger partial charge in [0.25, 0.3) is 0 Å². The van der Waals surface area contributed by atoms with Gasteiger partial charge in [-0.3, -0.25) is 9.59 Å². The van der Waals surface area contributed by atoms with Crippen LogP contribution in [0.25, 0.3) is 0 Å². The molecule has 0 heterocycles. The smallest absolute Gasteiger partial charge is 0.324 e. The topological polar surface area (TPSA) is 52.6 Å². The van der Waals surface area contributed by atoms with Crippen LogP contribution in [0.5, 0.6) is 0 Å². The molecule has 0 aromatic rings. The van der Waals surface area contributed by atoms with Crippen LogP contribution in [-0.2, 0) is 19.1 Å². The molecule has 0 amide bonds. The van der Waals surface area contributed by atoms with E-state index in [2.05, 4.69) is 19.6 Å². The summed E-state index contributed by atoms with van der Waals surface area (Å²) in [5.74, 6) is -0.915. The van der Waals surface area contributed by atoms with Crippen molar-refractivity contribution >= 4 is 11.9 Å². The average Bonchev–Trinajstić information content (AvgIpc) is 2.89. The zero-order chi connectivity index (χ0) is 18.2. The number of fused-ring (bicyclic) bond motifs is 2. The first kappa shape index (κ1) is 18.0. The van der Waals surface area contributed by atoms with Crippen molar-refractivity contribution < 1.29 is 19.1 Å². The van der Waals surface area contributed by atoms with Gasteiger partial charge in [-0.25, -0.2) is 0 Å². The van der Waals surface area contributed by atoms with Crippen molar-refractivity contribution in [2.75, 3.05) is 13.2 Å². The van der Waals surface area contributed by atoms with Crippen LogP contribution >= 0.6 is 0 Å². The van der Waals surface area contributed by atoms with Gasteiger partial charge in [-0.15, -0.1) is 0 Å². The van der Waals surface area contributed by atoms with Crippen LogP contribution in [0, 0.1) is 10.8 Å². The maximum Gasteiger partial charge on any atom is 0.324 e. The minimum absolute atomic E-state index is 0.121. The zero-order valence-electron chi connectivity index (χ0n) is 15.6. The molecule has 136 valence electrons. The Labute approximate surface area is 150 Å². The first-order valence-corrected chi connectivity index (χ1v) is 9.29. The van der Waals surface area contributed by atoms with Crippen LogP contribution in [0.2, 0.25) is 0 Å².